The molecule has 1 aromatic rings. The molecule has 0 aromatic heterocycles. The molecule has 5 nitrogen and oxygen atoms in total. The number of amides is 2. The second-order valence-corrected chi connectivity index (χ2v) is 4.01. The van der Waals surface area contributed by atoms with Gasteiger partial charge in [0.15, 0.2) is 0 Å². The Morgan fingerprint density at radius 1 is 1.22 bits per heavy atom. The lowest BCUT2D eigenvalue weighted by Crippen LogP contribution is -2.20. The zero-order valence-electron chi connectivity index (χ0n) is 11.0. The molecule has 0 fully saturated rings. The Bertz CT molecular complexity index is 444. The van der Waals surface area contributed by atoms with Crippen LogP contribution in [0.2, 0.25) is 0 Å². The third-order valence-corrected chi connectivity index (χ3v) is 2.60. The molecule has 0 saturated carbocycles. The number of nitrogens with one attached hydrogen (secondary N) is 3. The van der Waals surface area contributed by atoms with Crippen molar-refractivity contribution in [2.24, 2.45) is 0 Å². The van der Waals surface area contributed by atoms with Crippen molar-refractivity contribution in [3.63, 3.8) is 0 Å². The molecule has 0 aliphatic heterocycles. The average molecular weight is 249 g/mol. The number of hydrogen-bond acceptors (Lipinski definition) is 3. The molecule has 0 atom stereocenters. The number of anilines is 1. The number of benzene rings is 1. The van der Waals surface area contributed by atoms with Crippen LogP contribution in [-0.2, 0) is 4.79 Å². The maximum atomic E-state index is 11.6. The van der Waals surface area contributed by atoms with E-state index in [9.17, 15) is 9.59 Å². The first-order chi connectivity index (χ1) is 8.58. The van der Waals surface area contributed by atoms with Gasteiger partial charge >= 0.3 is 0 Å². The van der Waals surface area contributed by atoms with E-state index in [4.69, 9.17) is 0 Å². The zero-order valence-corrected chi connectivity index (χ0v) is 11.0. The number of carbonyl (C=O) groups excluding carboxylic acids is 2. The summed E-state index contributed by atoms with van der Waals surface area (Å²) in [5.41, 5.74) is 2.14. The standard InChI is InChI=1S/C13H19N3O2/c1-9-4-5-10(13(18)15-3)8-11(9)16-12(17)6-7-14-2/h4-5,8,14H,6-7H2,1-3H3,(H,15,18)(H,16,17). The van der Waals surface area contributed by atoms with Gasteiger partial charge in [0.05, 0.1) is 0 Å². The van der Waals surface area contributed by atoms with Gasteiger partial charge in [-0.2, -0.15) is 0 Å². The fourth-order valence-corrected chi connectivity index (χ4v) is 1.49. The topological polar surface area (TPSA) is 70.2 Å². The summed E-state index contributed by atoms with van der Waals surface area (Å²) in [6.45, 7) is 2.52. The van der Waals surface area contributed by atoms with Gasteiger partial charge in [-0.05, 0) is 31.7 Å². The van der Waals surface area contributed by atoms with Gasteiger partial charge in [-0.15, -0.1) is 0 Å². The lowest BCUT2D eigenvalue weighted by atomic mass is 10.1. The average Bonchev–Trinajstić information content (AvgIpc) is 2.38. The molecule has 1 rings (SSSR count). The Hall–Kier alpha value is -1.88. The Kier molecular flexibility index (Phi) is 5.32. The summed E-state index contributed by atoms with van der Waals surface area (Å²) in [7, 11) is 3.37. The molecular weight excluding hydrogens is 230 g/mol. The second-order valence-electron chi connectivity index (χ2n) is 4.01. The third kappa shape index (κ3) is 3.85. The Morgan fingerprint density at radius 2 is 1.94 bits per heavy atom. The molecule has 0 aliphatic carbocycles. The SMILES string of the molecule is CNCCC(=O)Nc1cc(C(=O)NC)ccc1C. The van der Waals surface area contributed by atoms with Gasteiger partial charge < -0.3 is 16.0 Å². The largest absolute Gasteiger partial charge is 0.355 e. The van der Waals surface area contributed by atoms with E-state index in [1.54, 1.807) is 26.2 Å². The van der Waals surface area contributed by atoms with Gasteiger partial charge in [0, 0.05) is 31.3 Å². The summed E-state index contributed by atoms with van der Waals surface area (Å²) in [5, 5.41) is 8.27. The number of aryl methyl sites for hydroxylation is 1. The fourth-order valence-electron chi connectivity index (χ4n) is 1.49. The van der Waals surface area contributed by atoms with Gasteiger partial charge in [0.2, 0.25) is 5.91 Å². The minimum Gasteiger partial charge on any atom is -0.355 e. The molecule has 0 bridgehead atoms. The second kappa shape index (κ2) is 6.76. The van der Waals surface area contributed by atoms with Gasteiger partial charge in [0.25, 0.3) is 5.91 Å². The fraction of sp³-hybridized carbons (Fsp3) is 0.385. The Morgan fingerprint density at radius 3 is 2.56 bits per heavy atom. The summed E-state index contributed by atoms with van der Waals surface area (Å²) in [6.07, 6.45) is 0.403. The molecule has 3 N–H and O–H groups in total. The van der Waals surface area contributed by atoms with Crippen molar-refractivity contribution in [3.8, 4) is 0 Å². The highest BCUT2D eigenvalue weighted by Gasteiger charge is 2.08. The molecule has 0 radical (unpaired) electrons. The van der Waals surface area contributed by atoms with Crippen LogP contribution in [0, 0.1) is 6.92 Å². The van der Waals surface area contributed by atoms with Crippen LogP contribution >= 0.6 is 0 Å². The lowest BCUT2D eigenvalue weighted by molar-refractivity contribution is -0.116. The van der Waals surface area contributed by atoms with E-state index in [-0.39, 0.29) is 11.8 Å². The molecule has 5 heteroatoms. The highest BCUT2D eigenvalue weighted by Crippen LogP contribution is 2.17. The van der Waals surface area contributed by atoms with Gasteiger partial charge in [-0.25, -0.2) is 0 Å². The monoisotopic (exact) mass is 249 g/mol. The summed E-state index contributed by atoms with van der Waals surface area (Å²) in [6, 6.07) is 5.24. The van der Waals surface area contributed by atoms with Crippen LogP contribution in [0.4, 0.5) is 5.69 Å². The molecule has 18 heavy (non-hydrogen) atoms. The first-order valence-electron chi connectivity index (χ1n) is 5.85. The van der Waals surface area contributed by atoms with Gasteiger partial charge in [-0.3, -0.25) is 9.59 Å². The van der Waals surface area contributed by atoms with Crippen LogP contribution in [0.5, 0.6) is 0 Å². The molecule has 0 aliphatic rings. The summed E-state index contributed by atoms with van der Waals surface area (Å²) < 4.78 is 0. The van der Waals surface area contributed by atoms with Crippen molar-refractivity contribution in [2.45, 2.75) is 13.3 Å². The molecule has 1 aromatic carbocycles. The summed E-state index contributed by atoms with van der Waals surface area (Å²) >= 11 is 0. The summed E-state index contributed by atoms with van der Waals surface area (Å²) in [5.74, 6) is -0.234. The van der Waals surface area contributed by atoms with Crippen LogP contribution in [0.3, 0.4) is 0 Å². The van der Waals surface area contributed by atoms with Crippen molar-refractivity contribution in [3.05, 3.63) is 29.3 Å². The predicted molar refractivity (Wildman–Crippen MR) is 71.7 cm³/mol. The van der Waals surface area contributed by atoms with E-state index >= 15 is 0 Å². The zero-order chi connectivity index (χ0) is 13.5. The molecule has 0 spiro atoms. The normalized spacial score (nSPS) is 9.94. The van der Waals surface area contributed by atoms with Crippen LogP contribution in [-0.4, -0.2) is 32.5 Å². The van der Waals surface area contributed by atoms with Crippen molar-refractivity contribution < 1.29 is 9.59 Å². The van der Waals surface area contributed by atoms with E-state index in [0.29, 0.717) is 24.2 Å². The van der Waals surface area contributed by atoms with Crippen molar-refractivity contribution >= 4 is 17.5 Å². The molecule has 98 valence electrons. The molecular formula is C13H19N3O2. The maximum absolute atomic E-state index is 11.6. The number of hydrogen-bond donors (Lipinski definition) is 3. The van der Waals surface area contributed by atoms with E-state index in [1.165, 1.54) is 0 Å². The molecule has 0 saturated heterocycles. The summed E-state index contributed by atoms with van der Waals surface area (Å²) in [4.78, 5) is 23.1. The molecule has 0 heterocycles. The van der Waals surface area contributed by atoms with Gasteiger partial charge in [-0.1, -0.05) is 6.07 Å². The quantitative estimate of drug-likeness (QED) is 0.726. The first kappa shape index (κ1) is 14.2. The van der Waals surface area contributed by atoms with Crippen molar-refractivity contribution in [2.75, 3.05) is 26.0 Å². The van der Waals surface area contributed by atoms with Crippen LogP contribution < -0.4 is 16.0 Å². The number of rotatable bonds is 5. The van der Waals surface area contributed by atoms with Crippen LogP contribution in [0.1, 0.15) is 22.3 Å². The van der Waals surface area contributed by atoms with E-state index in [1.807, 2.05) is 13.0 Å². The minimum atomic E-state index is -0.166. The van der Waals surface area contributed by atoms with E-state index in [0.717, 1.165) is 5.56 Å². The van der Waals surface area contributed by atoms with E-state index in [2.05, 4.69) is 16.0 Å². The highest BCUT2D eigenvalue weighted by atomic mass is 16.2. The van der Waals surface area contributed by atoms with Crippen molar-refractivity contribution in [1.82, 2.24) is 10.6 Å². The number of carbonyl (C=O) groups is 2. The third-order valence-electron chi connectivity index (χ3n) is 2.60. The lowest BCUT2D eigenvalue weighted by Gasteiger charge is -2.10. The molecule has 0 unspecified atom stereocenters. The molecule has 2 amide bonds. The van der Waals surface area contributed by atoms with Crippen LogP contribution in [0.25, 0.3) is 0 Å². The highest BCUT2D eigenvalue weighted by molar-refractivity contribution is 5.97. The maximum Gasteiger partial charge on any atom is 0.251 e. The first-order valence-corrected chi connectivity index (χ1v) is 5.85. The Balaban J connectivity index is 2.81. The predicted octanol–water partition coefficient (Wildman–Crippen LogP) is 0.903. The minimum absolute atomic E-state index is 0.0680. The smallest absolute Gasteiger partial charge is 0.251 e. The van der Waals surface area contributed by atoms with Crippen molar-refractivity contribution in [1.29, 1.82) is 0 Å². The van der Waals surface area contributed by atoms with Crippen LogP contribution in [0.15, 0.2) is 18.2 Å². The van der Waals surface area contributed by atoms with Gasteiger partial charge in [0.1, 0.15) is 0 Å². The van der Waals surface area contributed by atoms with E-state index < -0.39 is 0 Å². The Labute approximate surface area is 107 Å².